The van der Waals surface area contributed by atoms with Crippen LogP contribution in [-0.2, 0) is 17.5 Å². The maximum absolute atomic E-state index is 13.1. The van der Waals surface area contributed by atoms with E-state index >= 15 is 0 Å². The molecule has 9 heteroatoms. The van der Waals surface area contributed by atoms with Crippen molar-refractivity contribution in [3.63, 3.8) is 0 Å². The molecule has 1 aliphatic rings. The van der Waals surface area contributed by atoms with E-state index in [1.807, 2.05) is 55.5 Å². The van der Waals surface area contributed by atoms with E-state index in [1.165, 1.54) is 18.2 Å². The predicted molar refractivity (Wildman–Crippen MR) is 142 cm³/mol. The van der Waals surface area contributed by atoms with Crippen molar-refractivity contribution in [2.45, 2.75) is 19.6 Å². The summed E-state index contributed by atoms with van der Waals surface area (Å²) < 4.78 is 45.0. The van der Waals surface area contributed by atoms with Crippen LogP contribution in [0.1, 0.15) is 22.5 Å². The van der Waals surface area contributed by atoms with Gasteiger partial charge < -0.3 is 4.42 Å². The monoisotopic (exact) mass is 553 g/mol. The zero-order chi connectivity index (χ0) is 27.0. The molecule has 5 rings (SSSR count). The fourth-order valence-electron chi connectivity index (χ4n) is 4.10. The van der Waals surface area contributed by atoms with Crippen LogP contribution in [0.15, 0.2) is 88.2 Å². The van der Waals surface area contributed by atoms with Gasteiger partial charge in [-0.2, -0.15) is 13.2 Å². The van der Waals surface area contributed by atoms with Crippen LogP contribution in [0.5, 0.6) is 0 Å². The normalized spacial score (nSPS) is 15.1. The van der Waals surface area contributed by atoms with Crippen LogP contribution in [0.3, 0.4) is 0 Å². The second kappa shape index (κ2) is 10.2. The van der Waals surface area contributed by atoms with Crippen LogP contribution in [0.25, 0.3) is 28.5 Å². The molecule has 1 aromatic heterocycles. The van der Waals surface area contributed by atoms with Crippen molar-refractivity contribution in [1.29, 1.82) is 0 Å². The molecule has 1 fully saturated rings. The van der Waals surface area contributed by atoms with Crippen molar-refractivity contribution in [3.05, 3.63) is 111 Å². The lowest BCUT2D eigenvalue weighted by Gasteiger charge is -2.13. The Balaban J connectivity index is 1.33. The molecular formula is C29H19ClF3NO3S. The molecule has 2 amide bonds. The summed E-state index contributed by atoms with van der Waals surface area (Å²) in [5.41, 5.74) is 3.30. The first-order valence-corrected chi connectivity index (χ1v) is 12.7. The van der Waals surface area contributed by atoms with E-state index in [9.17, 15) is 22.8 Å². The van der Waals surface area contributed by atoms with Gasteiger partial charge in [0.25, 0.3) is 11.1 Å². The van der Waals surface area contributed by atoms with Gasteiger partial charge in [0.2, 0.25) is 0 Å². The lowest BCUT2D eigenvalue weighted by Crippen LogP contribution is -2.27. The predicted octanol–water partition coefficient (Wildman–Crippen LogP) is 8.83. The van der Waals surface area contributed by atoms with Gasteiger partial charge in [-0.05, 0) is 71.3 Å². The Morgan fingerprint density at radius 3 is 2.39 bits per heavy atom. The Bertz CT molecular complexity index is 1570. The van der Waals surface area contributed by atoms with Gasteiger partial charge in [0.15, 0.2) is 0 Å². The van der Waals surface area contributed by atoms with E-state index in [-0.39, 0.29) is 33.6 Å². The molecule has 3 aromatic carbocycles. The molecule has 0 atom stereocenters. The summed E-state index contributed by atoms with van der Waals surface area (Å²) in [6.45, 7) is 2.14. The van der Waals surface area contributed by atoms with Crippen molar-refractivity contribution >= 4 is 40.6 Å². The second-order valence-electron chi connectivity index (χ2n) is 8.67. The van der Waals surface area contributed by atoms with Crippen molar-refractivity contribution in [2.75, 3.05) is 0 Å². The number of rotatable bonds is 5. The average molecular weight is 554 g/mol. The maximum Gasteiger partial charge on any atom is 0.416 e. The van der Waals surface area contributed by atoms with Crippen LogP contribution >= 0.6 is 23.4 Å². The van der Waals surface area contributed by atoms with Crippen molar-refractivity contribution in [2.24, 2.45) is 0 Å². The van der Waals surface area contributed by atoms with Gasteiger partial charge in [0.05, 0.1) is 22.0 Å². The number of benzene rings is 3. The minimum atomic E-state index is -4.53. The third kappa shape index (κ3) is 5.28. The largest absolute Gasteiger partial charge is 0.457 e. The highest BCUT2D eigenvalue weighted by molar-refractivity contribution is 8.18. The molecule has 1 saturated heterocycles. The topological polar surface area (TPSA) is 50.5 Å². The number of imide groups is 1. The molecule has 0 unspecified atom stereocenters. The zero-order valence-corrected chi connectivity index (χ0v) is 21.5. The van der Waals surface area contributed by atoms with E-state index in [0.29, 0.717) is 0 Å². The van der Waals surface area contributed by atoms with Crippen LogP contribution in [0.4, 0.5) is 18.0 Å². The van der Waals surface area contributed by atoms with Crippen molar-refractivity contribution in [3.8, 4) is 22.5 Å². The molecule has 4 nitrogen and oxygen atoms in total. The summed E-state index contributed by atoms with van der Waals surface area (Å²) in [7, 11) is 0. The number of nitrogens with zero attached hydrogens (tertiary/aromatic N) is 1. The van der Waals surface area contributed by atoms with Crippen molar-refractivity contribution in [1.82, 2.24) is 4.90 Å². The molecule has 4 aromatic rings. The molecular weight excluding hydrogens is 535 g/mol. The summed E-state index contributed by atoms with van der Waals surface area (Å²) in [6, 6.07) is 21.6. The second-order valence-corrected chi connectivity index (χ2v) is 10.1. The van der Waals surface area contributed by atoms with Gasteiger partial charge in [0, 0.05) is 11.6 Å². The highest BCUT2D eigenvalue weighted by atomic mass is 35.5. The number of carbonyl (C=O) groups excluding carboxylic acids is 2. The molecule has 0 radical (unpaired) electrons. The fourth-order valence-corrected chi connectivity index (χ4v) is 5.13. The van der Waals surface area contributed by atoms with E-state index in [2.05, 4.69) is 0 Å². The molecule has 2 heterocycles. The number of amides is 2. The summed E-state index contributed by atoms with van der Waals surface area (Å²) in [4.78, 5) is 26.9. The fraction of sp³-hybridized carbons (Fsp3) is 0.103. The molecule has 1 aliphatic heterocycles. The Kier molecular flexibility index (Phi) is 6.94. The Morgan fingerprint density at radius 2 is 1.68 bits per heavy atom. The maximum atomic E-state index is 13.1. The van der Waals surface area contributed by atoms with Gasteiger partial charge in [0.1, 0.15) is 11.5 Å². The molecule has 0 spiro atoms. The number of alkyl halides is 3. The van der Waals surface area contributed by atoms with Gasteiger partial charge >= 0.3 is 6.18 Å². The highest BCUT2D eigenvalue weighted by Gasteiger charge is 2.35. The van der Waals surface area contributed by atoms with Gasteiger partial charge in [-0.3, -0.25) is 14.5 Å². The quantitative estimate of drug-likeness (QED) is 0.232. The molecule has 0 bridgehead atoms. The standard InChI is InChI=1S/C29H19ClF3NO3S/c1-17-4-2-3-5-22(17)19-8-6-18(7-9-19)16-34-27(35)26(38-28(34)36)15-21-11-13-25(37-21)23-14-20(29(31,32)33)10-12-24(23)30/h2-15H,16H2,1H3/b26-15-. The third-order valence-corrected chi connectivity index (χ3v) is 7.32. The summed E-state index contributed by atoms with van der Waals surface area (Å²) in [6.07, 6.45) is -3.13. The lowest BCUT2D eigenvalue weighted by atomic mass is 9.99. The van der Waals surface area contributed by atoms with Crippen LogP contribution in [0.2, 0.25) is 5.02 Å². The molecule has 0 saturated carbocycles. The minimum Gasteiger partial charge on any atom is -0.457 e. The Labute approximate surface area is 225 Å². The van der Waals surface area contributed by atoms with E-state index in [0.717, 1.165) is 57.1 Å². The highest BCUT2D eigenvalue weighted by Crippen LogP contribution is 2.38. The minimum absolute atomic E-state index is 0.0726. The summed E-state index contributed by atoms with van der Waals surface area (Å²) >= 11 is 6.87. The van der Waals surface area contributed by atoms with Gasteiger partial charge in [-0.15, -0.1) is 0 Å². The number of thioether (sulfide) groups is 1. The van der Waals surface area contributed by atoms with Gasteiger partial charge in [-0.25, -0.2) is 0 Å². The molecule has 0 aliphatic carbocycles. The van der Waals surface area contributed by atoms with Crippen LogP contribution in [0, 0.1) is 6.92 Å². The summed E-state index contributed by atoms with van der Waals surface area (Å²) in [5.74, 6) is -0.153. The molecule has 0 N–H and O–H groups in total. The summed E-state index contributed by atoms with van der Waals surface area (Å²) in [5, 5.41) is -0.329. The average Bonchev–Trinajstić information content (AvgIpc) is 3.44. The van der Waals surface area contributed by atoms with E-state index in [4.69, 9.17) is 16.0 Å². The third-order valence-electron chi connectivity index (χ3n) is 6.08. The number of hydrogen-bond donors (Lipinski definition) is 0. The number of hydrogen-bond acceptors (Lipinski definition) is 4. The smallest absolute Gasteiger partial charge is 0.416 e. The zero-order valence-electron chi connectivity index (χ0n) is 19.9. The van der Waals surface area contributed by atoms with E-state index < -0.39 is 22.9 Å². The van der Waals surface area contributed by atoms with E-state index in [1.54, 1.807) is 0 Å². The number of halogens is 4. The first kappa shape index (κ1) is 25.9. The first-order chi connectivity index (χ1) is 18.1. The first-order valence-electron chi connectivity index (χ1n) is 11.5. The molecule has 38 heavy (non-hydrogen) atoms. The SMILES string of the molecule is Cc1ccccc1-c1ccc(CN2C(=O)S/C(=C\c3ccc(-c4cc(C(F)(F)F)ccc4Cl)o3)C2=O)cc1. The number of carbonyl (C=O) groups is 2. The number of aryl methyl sites for hydroxylation is 1. The Morgan fingerprint density at radius 1 is 0.947 bits per heavy atom. The Hall–Kier alpha value is -3.75. The van der Waals surface area contributed by atoms with Crippen molar-refractivity contribution < 1.29 is 27.2 Å². The number of furan rings is 1. The molecule has 192 valence electrons. The van der Waals surface area contributed by atoms with Crippen LogP contribution in [-0.4, -0.2) is 16.0 Å². The van der Waals surface area contributed by atoms with Crippen LogP contribution < -0.4 is 0 Å². The lowest BCUT2D eigenvalue weighted by molar-refractivity contribution is -0.137. The van der Waals surface area contributed by atoms with Gasteiger partial charge in [-0.1, -0.05) is 60.1 Å².